The molecule has 7 nitrogen and oxygen atoms in total. The molecule has 0 aliphatic carbocycles. The third-order valence-corrected chi connectivity index (χ3v) is 3.89. The van der Waals surface area contributed by atoms with E-state index >= 15 is 0 Å². The van der Waals surface area contributed by atoms with Gasteiger partial charge in [-0.15, -0.1) is 0 Å². The van der Waals surface area contributed by atoms with Gasteiger partial charge in [0.1, 0.15) is 11.4 Å². The molecular formula is C21H21NO6. The van der Waals surface area contributed by atoms with Crippen LogP contribution in [0.25, 0.3) is 6.08 Å². The molecule has 2 N–H and O–H groups in total. The van der Waals surface area contributed by atoms with Gasteiger partial charge in [0, 0.05) is 5.56 Å². The van der Waals surface area contributed by atoms with E-state index in [1.165, 1.54) is 6.08 Å². The normalized spacial score (nSPS) is 12.8. The van der Waals surface area contributed by atoms with Crippen LogP contribution in [0, 0.1) is 5.92 Å². The molecule has 0 fully saturated rings. The Hall–Kier alpha value is -3.48. The molecule has 1 aliphatic heterocycles. The summed E-state index contributed by atoms with van der Waals surface area (Å²) < 4.78 is 16.1. The number of carboxylic acid groups (broad SMARTS) is 1. The van der Waals surface area contributed by atoms with Gasteiger partial charge in [-0.25, -0.2) is 4.79 Å². The SMILES string of the molecule is CC(C)COc1ccc(C(=O)N/C(=C\c2ccc3c(c2)OCO3)C(=O)O)cc1. The average Bonchev–Trinajstić information content (AvgIpc) is 3.14. The fourth-order valence-electron chi connectivity index (χ4n) is 2.48. The summed E-state index contributed by atoms with van der Waals surface area (Å²) >= 11 is 0. The molecule has 2 aromatic rings. The highest BCUT2D eigenvalue weighted by atomic mass is 16.7. The fraction of sp³-hybridized carbons (Fsp3) is 0.238. The first-order valence-corrected chi connectivity index (χ1v) is 8.81. The Morgan fingerprint density at radius 3 is 2.54 bits per heavy atom. The second-order valence-corrected chi connectivity index (χ2v) is 6.66. The maximum atomic E-state index is 12.4. The van der Waals surface area contributed by atoms with Crippen molar-refractivity contribution in [3.05, 3.63) is 59.3 Å². The van der Waals surface area contributed by atoms with Crippen LogP contribution in [0.1, 0.15) is 29.8 Å². The van der Waals surface area contributed by atoms with Crippen molar-refractivity contribution in [2.75, 3.05) is 13.4 Å². The van der Waals surface area contributed by atoms with Crippen molar-refractivity contribution >= 4 is 18.0 Å². The highest BCUT2D eigenvalue weighted by Crippen LogP contribution is 2.33. The maximum Gasteiger partial charge on any atom is 0.352 e. The summed E-state index contributed by atoms with van der Waals surface area (Å²) in [5, 5.41) is 11.9. The lowest BCUT2D eigenvalue weighted by Gasteiger charge is -2.10. The average molecular weight is 383 g/mol. The van der Waals surface area contributed by atoms with E-state index in [4.69, 9.17) is 14.2 Å². The molecule has 1 heterocycles. The van der Waals surface area contributed by atoms with Gasteiger partial charge in [0.2, 0.25) is 6.79 Å². The quantitative estimate of drug-likeness (QED) is 0.713. The molecule has 0 spiro atoms. The molecule has 0 unspecified atom stereocenters. The summed E-state index contributed by atoms with van der Waals surface area (Å²) in [7, 11) is 0. The first kappa shape index (κ1) is 19.3. The van der Waals surface area contributed by atoms with Crippen molar-refractivity contribution in [3.8, 4) is 17.2 Å². The lowest BCUT2D eigenvalue weighted by atomic mass is 10.1. The zero-order valence-corrected chi connectivity index (χ0v) is 15.6. The van der Waals surface area contributed by atoms with Crippen molar-refractivity contribution in [1.29, 1.82) is 0 Å². The van der Waals surface area contributed by atoms with Gasteiger partial charge in [-0.05, 0) is 54.0 Å². The summed E-state index contributed by atoms with van der Waals surface area (Å²) in [5.74, 6) is 0.398. The Morgan fingerprint density at radius 2 is 1.86 bits per heavy atom. The van der Waals surface area contributed by atoms with E-state index in [0.29, 0.717) is 40.9 Å². The van der Waals surface area contributed by atoms with E-state index in [1.54, 1.807) is 42.5 Å². The number of carbonyl (C=O) groups is 2. The predicted octanol–water partition coefficient (Wildman–Crippen LogP) is 3.31. The number of ether oxygens (including phenoxy) is 3. The van der Waals surface area contributed by atoms with Gasteiger partial charge in [0.15, 0.2) is 11.5 Å². The zero-order chi connectivity index (χ0) is 20.1. The lowest BCUT2D eigenvalue weighted by molar-refractivity contribution is -0.132. The summed E-state index contributed by atoms with van der Waals surface area (Å²) in [6.45, 7) is 4.79. The van der Waals surface area contributed by atoms with E-state index < -0.39 is 11.9 Å². The van der Waals surface area contributed by atoms with Gasteiger partial charge in [-0.1, -0.05) is 19.9 Å². The number of hydrogen-bond donors (Lipinski definition) is 2. The smallest absolute Gasteiger partial charge is 0.352 e. The molecule has 2 aromatic carbocycles. The lowest BCUT2D eigenvalue weighted by Crippen LogP contribution is -2.27. The minimum atomic E-state index is -1.25. The summed E-state index contributed by atoms with van der Waals surface area (Å²) in [4.78, 5) is 24.0. The van der Waals surface area contributed by atoms with Crippen LogP contribution in [0.5, 0.6) is 17.2 Å². The molecule has 0 radical (unpaired) electrons. The van der Waals surface area contributed by atoms with Crippen molar-refractivity contribution in [2.45, 2.75) is 13.8 Å². The molecule has 0 bridgehead atoms. The molecule has 1 amide bonds. The van der Waals surface area contributed by atoms with Crippen molar-refractivity contribution in [2.24, 2.45) is 5.92 Å². The van der Waals surface area contributed by atoms with Crippen LogP contribution in [0.3, 0.4) is 0 Å². The van der Waals surface area contributed by atoms with Crippen LogP contribution in [0.4, 0.5) is 0 Å². The number of rotatable bonds is 7. The Morgan fingerprint density at radius 1 is 1.14 bits per heavy atom. The zero-order valence-electron chi connectivity index (χ0n) is 15.6. The standard InChI is InChI=1S/C21H21NO6/c1-13(2)11-26-16-6-4-15(5-7-16)20(23)22-17(21(24)25)9-14-3-8-18-19(10-14)28-12-27-18/h3-10,13H,11-12H2,1-2H3,(H,22,23)(H,24,25)/b17-9-. The summed E-state index contributed by atoms with van der Waals surface area (Å²) in [6.07, 6.45) is 1.36. The predicted molar refractivity (Wildman–Crippen MR) is 102 cm³/mol. The third kappa shape index (κ3) is 4.82. The van der Waals surface area contributed by atoms with E-state index in [-0.39, 0.29) is 12.5 Å². The van der Waals surface area contributed by atoms with Crippen LogP contribution in [0.15, 0.2) is 48.2 Å². The Kier molecular flexibility index (Phi) is 5.84. The molecule has 0 atom stereocenters. The Balaban J connectivity index is 1.71. The monoisotopic (exact) mass is 383 g/mol. The first-order chi connectivity index (χ1) is 13.4. The molecule has 3 rings (SSSR count). The van der Waals surface area contributed by atoms with Crippen molar-refractivity contribution in [3.63, 3.8) is 0 Å². The van der Waals surface area contributed by atoms with Crippen LogP contribution in [0.2, 0.25) is 0 Å². The molecule has 7 heteroatoms. The van der Waals surface area contributed by atoms with Gasteiger partial charge < -0.3 is 24.6 Å². The number of carbonyl (C=O) groups excluding carboxylic acids is 1. The van der Waals surface area contributed by atoms with E-state index in [9.17, 15) is 14.7 Å². The second kappa shape index (κ2) is 8.47. The number of benzene rings is 2. The number of amides is 1. The molecule has 28 heavy (non-hydrogen) atoms. The number of nitrogens with one attached hydrogen (secondary N) is 1. The Labute approximate surface area is 162 Å². The number of fused-ring (bicyclic) bond motifs is 1. The van der Waals surface area contributed by atoms with Gasteiger partial charge in [-0.2, -0.15) is 0 Å². The molecule has 146 valence electrons. The highest BCUT2D eigenvalue weighted by Gasteiger charge is 2.16. The highest BCUT2D eigenvalue weighted by molar-refractivity contribution is 6.02. The number of aliphatic carboxylic acids is 1. The topological polar surface area (TPSA) is 94.1 Å². The van der Waals surface area contributed by atoms with Crippen LogP contribution >= 0.6 is 0 Å². The van der Waals surface area contributed by atoms with Crippen LogP contribution < -0.4 is 19.5 Å². The first-order valence-electron chi connectivity index (χ1n) is 8.81. The van der Waals surface area contributed by atoms with Crippen LogP contribution in [-0.4, -0.2) is 30.4 Å². The summed E-state index contributed by atoms with van der Waals surface area (Å²) in [5.41, 5.74) is 0.651. The van der Waals surface area contributed by atoms with Crippen LogP contribution in [-0.2, 0) is 4.79 Å². The minimum Gasteiger partial charge on any atom is -0.493 e. The molecule has 0 saturated heterocycles. The molecular weight excluding hydrogens is 362 g/mol. The van der Waals surface area contributed by atoms with E-state index in [2.05, 4.69) is 5.32 Å². The molecule has 0 saturated carbocycles. The van der Waals surface area contributed by atoms with Gasteiger partial charge in [-0.3, -0.25) is 4.79 Å². The van der Waals surface area contributed by atoms with Gasteiger partial charge >= 0.3 is 5.97 Å². The molecule has 0 aromatic heterocycles. The van der Waals surface area contributed by atoms with Crippen molar-refractivity contribution < 1.29 is 28.9 Å². The molecule has 1 aliphatic rings. The largest absolute Gasteiger partial charge is 0.493 e. The minimum absolute atomic E-state index is 0.127. The van der Waals surface area contributed by atoms with Gasteiger partial charge in [0.25, 0.3) is 5.91 Å². The second-order valence-electron chi connectivity index (χ2n) is 6.66. The Bertz CT molecular complexity index is 902. The van der Waals surface area contributed by atoms with E-state index in [0.717, 1.165) is 0 Å². The van der Waals surface area contributed by atoms with E-state index in [1.807, 2.05) is 13.8 Å². The maximum absolute atomic E-state index is 12.4. The fourth-order valence-corrected chi connectivity index (χ4v) is 2.48. The summed E-state index contributed by atoms with van der Waals surface area (Å²) in [6, 6.07) is 11.6. The van der Waals surface area contributed by atoms with Gasteiger partial charge in [0.05, 0.1) is 6.61 Å². The number of carboxylic acids is 1. The van der Waals surface area contributed by atoms with Crippen molar-refractivity contribution in [1.82, 2.24) is 5.32 Å². The number of hydrogen-bond acceptors (Lipinski definition) is 5. The third-order valence-electron chi connectivity index (χ3n) is 3.89.